The van der Waals surface area contributed by atoms with Crippen LogP contribution in [0.5, 0.6) is 0 Å². The Bertz CT molecular complexity index is 864. The molecule has 0 saturated heterocycles. The van der Waals surface area contributed by atoms with Crippen LogP contribution in [0.2, 0.25) is 0 Å². The predicted octanol–water partition coefficient (Wildman–Crippen LogP) is 2.31. The Kier molecular flexibility index (Phi) is 5.36. The van der Waals surface area contributed by atoms with Crippen molar-refractivity contribution in [2.45, 2.75) is 18.4 Å². The van der Waals surface area contributed by atoms with Crippen LogP contribution in [0.3, 0.4) is 0 Å². The van der Waals surface area contributed by atoms with Crippen molar-refractivity contribution < 1.29 is 17.6 Å². The Balaban J connectivity index is 2.25. The molecule has 0 saturated carbocycles. The van der Waals surface area contributed by atoms with Crippen molar-refractivity contribution in [1.29, 1.82) is 0 Å². The van der Waals surface area contributed by atoms with Crippen LogP contribution in [-0.2, 0) is 16.6 Å². The number of sulfonamides is 1. The first-order valence-electron chi connectivity index (χ1n) is 7.28. The van der Waals surface area contributed by atoms with Gasteiger partial charge in [-0.25, -0.2) is 17.1 Å². The van der Waals surface area contributed by atoms with Gasteiger partial charge in [-0.15, -0.1) is 0 Å². The molecule has 0 aliphatic carbocycles. The summed E-state index contributed by atoms with van der Waals surface area (Å²) in [5.41, 5.74) is 1.61. The molecule has 1 N–H and O–H groups in total. The summed E-state index contributed by atoms with van der Waals surface area (Å²) in [6, 6.07) is 10.7. The van der Waals surface area contributed by atoms with E-state index in [2.05, 4.69) is 5.32 Å². The van der Waals surface area contributed by atoms with E-state index in [1.807, 2.05) is 31.2 Å². The third kappa shape index (κ3) is 3.80. The summed E-state index contributed by atoms with van der Waals surface area (Å²) < 4.78 is 39.2. The van der Waals surface area contributed by atoms with Gasteiger partial charge in [0.25, 0.3) is 5.91 Å². The van der Waals surface area contributed by atoms with E-state index in [-0.39, 0.29) is 17.0 Å². The van der Waals surface area contributed by atoms with Gasteiger partial charge in [0, 0.05) is 20.6 Å². The van der Waals surface area contributed by atoms with E-state index in [1.165, 1.54) is 14.1 Å². The van der Waals surface area contributed by atoms with Gasteiger partial charge in [0.05, 0.1) is 10.5 Å². The van der Waals surface area contributed by atoms with Crippen LogP contribution >= 0.6 is 0 Å². The minimum atomic E-state index is -3.74. The van der Waals surface area contributed by atoms with E-state index in [0.29, 0.717) is 0 Å². The molecule has 0 fully saturated rings. The molecule has 7 heteroatoms. The van der Waals surface area contributed by atoms with Crippen molar-refractivity contribution in [2.24, 2.45) is 0 Å². The maximum absolute atomic E-state index is 13.9. The number of halogens is 1. The second-order valence-electron chi connectivity index (χ2n) is 5.54. The molecule has 5 nitrogen and oxygen atoms in total. The molecule has 2 aromatic rings. The highest BCUT2D eigenvalue weighted by atomic mass is 32.2. The van der Waals surface area contributed by atoms with E-state index in [1.54, 1.807) is 0 Å². The number of rotatable bonds is 5. The first kappa shape index (κ1) is 18.1. The van der Waals surface area contributed by atoms with E-state index >= 15 is 0 Å². The molecule has 0 aromatic heterocycles. The smallest absolute Gasteiger partial charge is 0.254 e. The van der Waals surface area contributed by atoms with Gasteiger partial charge in [0.2, 0.25) is 10.0 Å². The monoisotopic (exact) mass is 350 g/mol. The summed E-state index contributed by atoms with van der Waals surface area (Å²) >= 11 is 0. The lowest BCUT2D eigenvalue weighted by molar-refractivity contribution is 0.0946. The average molecular weight is 350 g/mol. The lowest BCUT2D eigenvalue weighted by atomic mass is 10.1. The first-order chi connectivity index (χ1) is 11.2. The Labute approximate surface area is 141 Å². The van der Waals surface area contributed by atoms with Crippen molar-refractivity contribution in [1.82, 2.24) is 9.62 Å². The standard InChI is InChI=1S/C17H19FN2O3S/c1-12-6-4-5-7-13(12)11-19-17(21)15-10-14(8-9-16(15)18)24(22,23)20(2)3/h4-10H,11H2,1-3H3,(H,19,21). The topological polar surface area (TPSA) is 66.5 Å². The molecule has 0 heterocycles. The minimum absolute atomic E-state index is 0.130. The second kappa shape index (κ2) is 7.11. The molecule has 128 valence electrons. The number of hydrogen-bond acceptors (Lipinski definition) is 3. The minimum Gasteiger partial charge on any atom is -0.348 e. The fourth-order valence-corrected chi connectivity index (χ4v) is 3.06. The number of benzene rings is 2. The fourth-order valence-electron chi connectivity index (χ4n) is 2.13. The lowest BCUT2D eigenvalue weighted by Crippen LogP contribution is -2.26. The van der Waals surface area contributed by atoms with E-state index < -0.39 is 21.7 Å². The third-order valence-corrected chi connectivity index (χ3v) is 5.47. The van der Waals surface area contributed by atoms with Crippen LogP contribution < -0.4 is 5.32 Å². The summed E-state index contributed by atoms with van der Waals surface area (Å²) in [6.45, 7) is 2.14. The Morgan fingerprint density at radius 3 is 2.46 bits per heavy atom. The molecule has 1 amide bonds. The van der Waals surface area contributed by atoms with Gasteiger partial charge in [-0.1, -0.05) is 24.3 Å². The number of hydrogen-bond donors (Lipinski definition) is 1. The zero-order valence-corrected chi connectivity index (χ0v) is 14.5. The quantitative estimate of drug-likeness (QED) is 0.900. The van der Waals surface area contributed by atoms with Gasteiger partial charge >= 0.3 is 0 Å². The summed E-state index contributed by atoms with van der Waals surface area (Å²) in [6.07, 6.45) is 0. The molecule has 0 radical (unpaired) electrons. The summed E-state index contributed by atoms with van der Waals surface area (Å²) in [4.78, 5) is 12.1. The molecule has 2 rings (SSSR count). The zero-order valence-electron chi connectivity index (χ0n) is 13.7. The molecule has 0 bridgehead atoms. The van der Waals surface area contributed by atoms with Crippen molar-refractivity contribution in [3.63, 3.8) is 0 Å². The van der Waals surface area contributed by atoms with E-state index in [4.69, 9.17) is 0 Å². The summed E-state index contributed by atoms with van der Waals surface area (Å²) in [5.74, 6) is -1.43. The second-order valence-corrected chi connectivity index (χ2v) is 7.69. The molecule has 0 aliphatic rings. The van der Waals surface area contributed by atoms with Crippen molar-refractivity contribution >= 4 is 15.9 Å². The van der Waals surface area contributed by atoms with Crippen molar-refractivity contribution in [3.05, 3.63) is 65.0 Å². The summed E-state index contributed by atoms with van der Waals surface area (Å²) in [5, 5.41) is 2.62. The maximum Gasteiger partial charge on any atom is 0.254 e. The van der Waals surface area contributed by atoms with Crippen molar-refractivity contribution in [2.75, 3.05) is 14.1 Å². The third-order valence-electron chi connectivity index (χ3n) is 3.66. The Morgan fingerprint density at radius 1 is 1.17 bits per heavy atom. The predicted molar refractivity (Wildman–Crippen MR) is 89.6 cm³/mol. The molecule has 2 aromatic carbocycles. The molecule has 0 atom stereocenters. The molecule has 0 aliphatic heterocycles. The normalized spacial score (nSPS) is 11.5. The molecular formula is C17H19FN2O3S. The highest BCUT2D eigenvalue weighted by Crippen LogP contribution is 2.18. The van der Waals surface area contributed by atoms with Crippen LogP contribution in [0.1, 0.15) is 21.5 Å². The Hall–Kier alpha value is -2.25. The number of carbonyl (C=O) groups excluding carboxylic acids is 1. The van der Waals surface area contributed by atoms with Gasteiger partial charge in [-0.2, -0.15) is 0 Å². The van der Waals surface area contributed by atoms with Crippen molar-refractivity contribution in [3.8, 4) is 0 Å². The number of amides is 1. The zero-order chi connectivity index (χ0) is 17.9. The highest BCUT2D eigenvalue weighted by Gasteiger charge is 2.21. The maximum atomic E-state index is 13.9. The van der Waals surface area contributed by atoms with Crippen LogP contribution in [-0.4, -0.2) is 32.7 Å². The number of aryl methyl sites for hydroxylation is 1. The van der Waals surface area contributed by atoms with Crippen LogP contribution in [0.25, 0.3) is 0 Å². The molecule has 24 heavy (non-hydrogen) atoms. The molecule has 0 spiro atoms. The lowest BCUT2D eigenvalue weighted by Gasteiger charge is -2.13. The van der Waals surface area contributed by atoms with Gasteiger partial charge < -0.3 is 5.32 Å². The SMILES string of the molecule is Cc1ccccc1CNC(=O)c1cc(S(=O)(=O)N(C)C)ccc1F. The Morgan fingerprint density at radius 2 is 1.83 bits per heavy atom. The average Bonchev–Trinajstić information content (AvgIpc) is 2.54. The number of carbonyl (C=O) groups is 1. The van der Waals surface area contributed by atoms with Gasteiger partial charge in [0.1, 0.15) is 5.82 Å². The molecule has 0 unspecified atom stereocenters. The first-order valence-corrected chi connectivity index (χ1v) is 8.72. The van der Waals surface area contributed by atoms with E-state index in [9.17, 15) is 17.6 Å². The van der Waals surface area contributed by atoms with Crippen LogP contribution in [0, 0.1) is 12.7 Å². The van der Waals surface area contributed by atoms with Gasteiger partial charge in [-0.05, 0) is 36.2 Å². The molecular weight excluding hydrogens is 331 g/mol. The van der Waals surface area contributed by atoms with Crippen LogP contribution in [0.15, 0.2) is 47.4 Å². The van der Waals surface area contributed by atoms with Gasteiger partial charge in [0.15, 0.2) is 0 Å². The highest BCUT2D eigenvalue weighted by molar-refractivity contribution is 7.89. The number of nitrogens with zero attached hydrogens (tertiary/aromatic N) is 1. The van der Waals surface area contributed by atoms with E-state index in [0.717, 1.165) is 33.6 Å². The fraction of sp³-hybridized carbons (Fsp3) is 0.235. The van der Waals surface area contributed by atoms with Gasteiger partial charge in [-0.3, -0.25) is 4.79 Å². The summed E-state index contributed by atoms with van der Waals surface area (Å²) in [7, 11) is -0.994. The largest absolute Gasteiger partial charge is 0.348 e. The number of nitrogens with one attached hydrogen (secondary N) is 1. The van der Waals surface area contributed by atoms with Crippen LogP contribution in [0.4, 0.5) is 4.39 Å².